The minimum absolute atomic E-state index is 0.225. The number of hydrogen-bond donors (Lipinski definition) is 0. The fourth-order valence-electron chi connectivity index (χ4n) is 2.08. The first-order valence-electron chi connectivity index (χ1n) is 4.89. The second-order valence-electron chi connectivity index (χ2n) is 3.79. The van der Waals surface area contributed by atoms with Crippen molar-refractivity contribution >= 4 is 8.56 Å². The molecule has 0 saturated carbocycles. The Bertz CT molecular complexity index is 151. The molecule has 0 spiro atoms. The Kier molecular flexibility index (Phi) is 3.91. The van der Waals surface area contributed by atoms with Gasteiger partial charge in [0.15, 0.2) is 0 Å². The third-order valence-corrected chi connectivity index (χ3v) is 7.06. The number of rotatable bonds is 4. The van der Waals surface area contributed by atoms with Gasteiger partial charge in [-0.05, 0) is 18.4 Å². The summed E-state index contributed by atoms with van der Waals surface area (Å²) in [4.78, 5) is 0. The summed E-state index contributed by atoms with van der Waals surface area (Å²) in [7, 11) is 1.38. The molecule has 0 aromatic carbocycles. The quantitative estimate of drug-likeness (QED) is 0.654. The van der Waals surface area contributed by atoms with E-state index in [4.69, 9.17) is 13.6 Å². The van der Waals surface area contributed by atoms with Crippen molar-refractivity contribution in [3.8, 4) is 0 Å². The summed E-state index contributed by atoms with van der Waals surface area (Å²) in [6.07, 6.45) is 2.23. The second-order valence-corrected chi connectivity index (χ2v) is 7.84. The van der Waals surface area contributed by atoms with Gasteiger partial charge >= 0.3 is 8.56 Å². The lowest BCUT2D eigenvalue weighted by atomic mass is 10.4. The second kappa shape index (κ2) is 4.55. The fourth-order valence-corrected chi connectivity index (χ4v) is 5.42. The van der Waals surface area contributed by atoms with E-state index in [1.165, 1.54) is 0 Å². The molecule has 1 atom stereocenters. The molecule has 0 N–H and O–H groups in total. The SMILES string of the molecule is CO[Si](OC)(C(C)C)C1CCCO1. The van der Waals surface area contributed by atoms with Gasteiger partial charge in [-0.15, -0.1) is 0 Å². The van der Waals surface area contributed by atoms with Crippen LogP contribution in [-0.2, 0) is 13.6 Å². The lowest BCUT2D eigenvalue weighted by molar-refractivity contribution is 0.0983. The molecule has 0 aliphatic carbocycles. The van der Waals surface area contributed by atoms with Gasteiger partial charge < -0.3 is 13.6 Å². The van der Waals surface area contributed by atoms with Crippen LogP contribution in [0.25, 0.3) is 0 Å². The molecule has 0 bridgehead atoms. The van der Waals surface area contributed by atoms with Gasteiger partial charge in [-0.2, -0.15) is 0 Å². The van der Waals surface area contributed by atoms with Gasteiger partial charge in [0.2, 0.25) is 0 Å². The van der Waals surface area contributed by atoms with Gasteiger partial charge in [0.1, 0.15) is 5.73 Å². The maximum atomic E-state index is 5.67. The standard InChI is InChI=1S/C9H20O3Si/c1-8(2)13(10-3,11-4)9-6-5-7-12-9/h8-9H,5-7H2,1-4H3. The molecule has 1 aliphatic heterocycles. The summed E-state index contributed by atoms with van der Waals surface area (Å²) >= 11 is 0. The maximum Gasteiger partial charge on any atom is 0.370 e. The zero-order valence-corrected chi connectivity index (χ0v) is 10.0. The molecule has 1 unspecified atom stereocenters. The van der Waals surface area contributed by atoms with Crippen molar-refractivity contribution in [2.45, 2.75) is 38.0 Å². The average molecular weight is 204 g/mol. The van der Waals surface area contributed by atoms with Crippen LogP contribution in [0.15, 0.2) is 0 Å². The van der Waals surface area contributed by atoms with E-state index in [1.54, 1.807) is 14.2 Å². The minimum Gasteiger partial charge on any atom is -0.396 e. The summed E-state index contributed by atoms with van der Waals surface area (Å²) < 4.78 is 16.9. The molecule has 1 fully saturated rings. The van der Waals surface area contributed by atoms with Crippen molar-refractivity contribution in [3.05, 3.63) is 0 Å². The van der Waals surface area contributed by atoms with Gasteiger partial charge in [0.05, 0.1) is 0 Å². The Morgan fingerprint density at radius 2 is 1.92 bits per heavy atom. The van der Waals surface area contributed by atoms with Crippen LogP contribution in [0.5, 0.6) is 0 Å². The Labute approximate surface area is 81.6 Å². The van der Waals surface area contributed by atoms with Crippen LogP contribution in [0.2, 0.25) is 5.54 Å². The largest absolute Gasteiger partial charge is 0.396 e. The van der Waals surface area contributed by atoms with E-state index in [1.807, 2.05) is 0 Å². The van der Waals surface area contributed by atoms with Crippen LogP contribution < -0.4 is 0 Å². The topological polar surface area (TPSA) is 27.7 Å². The summed E-state index contributed by atoms with van der Waals surface area (Å²) in [6.45, 7) is 5.17. The van der Waals surface area contributed by atoms with E-state index in [-0.39, 0.29) is 5.73 Å². The van der Waals surface area contributed by atoms with E-state index in [2.05, 4.69) is 13.8 Å². The first kappa shape index (κ1) is 11.2. The molecule has 1 rings (SSSR count). The molecule has 1 saturated heterocycles. The van der Waals surface area contributed by atoms with Gasteiger partial charge in [-0.3, -0.25) is 0 Å². The highest BCUT2D eigenvalue weighted by atomic mass is 28.4. The Hall–Kier alpha value is 0.0969. The molecule has 0 aromatic heterocycles. The Morgan fingerprint density at radius 1 is 1.31 bits per heavy atom. The van der Waals surface area contributed by atoms with Crippen LogP contribution >= 0.6 is 0 Å². The third kappa shape index (κ3) is 1.96. The van der Waals surface area contributed by atoms with Gasteiger partial charge in [0, 0.05) is 20.8 Å². The van der Waals surface area contributed by atoms with Crippen molar-refractivity contribution in [2.24, 2.45) is 0 Å². The van der Waals surface area contributed by atoms with E-state index >= 15 is 0 Å². The smallest absolute Gasteiger partial charge is 0.370 e. The minimum atomic E-state index is -2.11. The highest BCUT2D eigenvalue weighted by Crippen LogP contribution is 2.32. The predicted molar refractivity (Wildman–Crippen MR) is 53.8 cm³/mol. The molecule has 78 valence electrons. The van der Waals surface area contributed by atoms with Crippen LogP contribution in [-0.4, -0.2) is 35.1 Å². The van der Waals surface area contributed by atoms with Gasteiger partial charge in [-0.25, -0.2) is 0 Å². The number of ether oxygens (including phenoxy) is 1. The highest BCUT2D eigenvalue weighted by Gasteiger charge is 2.49. The Morgan fingerprint density at radius 3 is 2.23 bits per heavy atom. The van der Waals surface area contributed by atoms with E-state index < -0.39 is 8.56 Å². The van der Waals surface area contributed by atoms with E-state index in [0.717, 1.165) is 19.4 Å². The van der Waals surface area contributed by atoms with Crippen molar-refractivity contribution in [2.75, 3.05) is 20.8 Å². The molecule has 3 nitrogen and oxygen atoms in total. The van der Waals surface area contributed by atoms with Crippen molar-refractivity contribution in [1.29, 1.82) is 0 Å². The van der Waals surface area contributed by atoms with Gasteiger partial charge in [0.25, 0.3) is 0 Å². The molecule has 13 heavy (non-hydrogen) atoms. The van der Waals surface area contributed by atoms with Gasteiger partial charge in [-0.1, -0.05) is 13.8 Å². The zero-order chi connectivity index (χ0) is 9.90. The van der Waals surface area contributed by atoms with Crippen LogP contribution in [0.4, 0.5) is 0 Å². The molecule has 0 amide bonds. The molecule has 0 aromatic rings. The Balaban J connectivity index is 2.74. The molecule has 0 radical (unpaired) electrons. The monoisotopic (exact) mass is 204 g/mol. The predicted octanol–water partition coefficient (Wildman–Crippen LogP) is 1.85. The summed E-state index contributed by atoms with van der Waals surface area (Å²) in [6, 6.07) is 0. The summed E-state index contributed by atoms with van der Waals surface area (Å²) in [5.41, 5.74) is 0.660. The molecule has 1 aliphatic rings. The van der Waals surface area contributed by atoms with Crippen molar-refractivity contribution in [1.82, 2.24) is 0 Å². The van der Waals surface area contributed by atoms with Crippen LogP contribution in [0, 0.1) is 0 Å². The molecule has 1 heterocycles. The first-order chi connectivity index (χ1) is 6.17. The zero-order valence-electron chi connectivity index (χ0n) is 9.00. The van der Waals surface area contributed by atoms with E-state index in [9.17, 15) is 0 Å². The maximum absolute atomic E-state index is 5.67. The summed E-state index contributed by atoms with van der Waals surface area (Å²) in [5.74, 6) is 0. The van der Waals surface area contributed by atoms with Crippen LogP contribution in [0.3, 0.4) is 0 Å². The fraction of sp³-hybridized carbons (Fsp3) is 1.00. The van der Waals surface area contributed by atoms with Crippen molar-refractivity contribution in [3.63, 3.8) is 0 Å². The lowest BCUT2D eigenvalue weighted by Gasteiger charge is -2.35. The molecule has 4 heteroatoms. The summed E-state index contributed by atoms with van der Waals surface area (Å²) in [5, 5.41) is 0. The van der Waals surface area contributed by atoms with Crippen LogP contribution in [0.1, 0.15) is 26.7 Å². The number of hydrogen-bond acceptors (Lipinski definition) is 3. The lowest BCUT2D eigenvalue weighted by Crippen LogP contribution is -2.54. The third-order valence-electron chi connectivity index (χ3n) is 2.82. The normalized spacial score (nSPS) is 24.2. The molecular weight excluding hydrogens is 184 g/mol. The van der Waals surface area contributed by atoms with E-state index in [0.29, 0.717) is 5.54 Å². The average Bonchev–Trinajstić information content (AvgIpc) is 2.60. The highest BCUT2D eigenvalue weighted by molar-refractivity contribution is 6.70. The van der Waals surface area contributed by atoms with Crippen molar-refractivity contribution < 1.29 is 13.6 Å². The molecular formula is C9H20O3Si. The first-order valence-corrected chi connectivity index (χ1v) is 6.86.